The SMILES string of the molecule is N[Si](N)(CCC(F)(F)C(F)(F)C(F)(F)C(F)(F)C(F)(F)C(F)(F)C(F)(F)C(F)(F)F)CCC(F)(F)C(F)(F)C(F)(F)C(F)(F)C(F)(F)C(F)(F)C(F)(F)C(F)(F)F. The minimum absolute atomic E-state index is 2.79. The maximum absolute atomic E-state index is 14.1. The van der Waals surface area contributed by atoms with E-state index in [1.165, 1.54) is 0 Å². The Kier molecular flexibility index (Phi) is 13.4. The molecule has 2 nitrogen and oxygen atoms in total. The zero-order valence-corrected chi connectivity index (χ0v) is 26.3. The molecule has 4 N–H and O–H groups in total. The van der Waals surface area contributed by atoms with Crippen molar-refractivity contribution in [2.45, 2.75) is 120 Å². The van der Waals surface area contributed by atoms with E-state index in [-0.39, 0.29) is 0 Å². The number of hydrogen-bond donors (Lipinski definition) is 2. The van der Waals surface area contributed by atoms with Gasteiger partial charge in [-0.25, -0.2) is 0 Å². The second-order valence-corrected chi connectivity index (χ2v) is 15.0. The van der Waals surface area contributed by atoms with E-state index in [0.29, 0.717) is 0 Å². The molecule has 0 radical (unpaired) electrons. The molecule has 0 saturated carbocycles. The number of nitrogens with two attached hydrogens (primary N) is 2. The fourth-order valence-corrected chi connectivity index (χ4v) is 5.42. The van der Waals surface area contributed by atoms with Gasteiger partial charge >= 0.3 is 95.3 Å². The van der Waals surface area contributed by atoms with Crippen molar-refractivity contribution < 1.29 is 149 Å². The van der Waals surface area contributed by atoms with E-state index in [9.17, 15) is 149 Å². The molecule has 0 amide bonds. The summed E-state index contributed by atoms with van der Waals surface area (Å²) in [4.78, 5) is 0. The van der Waals surface area contributed by atoms with Gasteiger partial charge in [0.2, 0.25) is 0 Å². The van der Waals surface area contributed by atoms with E-state index < -0.39 is 129 Å². The average molecular weight is 954 g/mol. The molecule has 0 aromatic rings. The first-order valence-corrected chi connectivity index (χ1v) is 15.5. The number of halogens is 34. The second kappa shape index (κ2) is 13.9. The highest BCUT2D eigenvalue weighted by Gasteiger charge is 2.97. The van der Waals surface area contributed by atoms with Crippen molar-refractivity contribution in [2.75, 3.05) is 0 Å². The third-order valence-electron chi connectivity index (χ3n) is 7.38. The Morgan fingerprint density at radius 3 is 0.526 bits per heavy atom. The monoisotopic (exact) mass is 954 g/mol. The van der Waals surface area contributed by atoms with E-state index in [2.05, 4.69) is 0 Å². The van der Waals surface area contributed by atoms with Gasteiger partial charge in [-0.2, -0.15) is 149 Å². The van der Waals surface area contributed by atoms with Crippen LogP contribution in [0, 0.1) is 0 Å². The van der Waals surface area contributed by atoms with Gasteiger partial charge in [0.05, 0.1) is 0 Å². The number of hydrogen-bond acceptors (Lipinski definition) is 2. The predicted molar refractivity (Wildman–Crippen MR) is 114 cm³/mol. The Morgan fingerprint density at radius 2 is 0.368 bits per heavy atom. The molecule has 0 saturated heterocycles. The van der Waals surface area contributed by atoms with E-state index in [4.69, 9.17) is 10.8 Å². The zero-order valence-electron chi connectivity index (χ0n) is 25.3. The molecule has 0 aliphatic heterocycles. The summed E-state index contributed by atoms with van der Waals surface area (Å²) in [5.41, 5.74) is 0. The molecule has 0 aliphatic rings. The summed E-state index contributed by atoms with van der Waals surface area (Å²) in [6.45, 7) is 0. The maximum Gasteiger partial charge on any atom is 0.460 e. The van der Waals surface area contributed by atoms with Crippen LogP contribution >= 0.6 is 0 Å². The Balaban J connectivity index is 6.66. The highest BCUT2D eigenvalue weighted by atomic mass is 28.3. The first-order valence-electron chi connectivity index (χ1n) is 12.9. The van der Waals surface area contributed by atoms with Crippen LogP contribution in [0.15, 0.2) is 0 Å². The van der Waals surface area contributed by atoms with Crippen molar-refractivity contribution in [3.05, 3.63) is 0 Å². The fraction of sp³-hybridized carbons (Fsp3) is 1.00. The Bertz CT molecular complexity index is 1310. The molecule has 0 fully saturated rings. The minimum Gasteiger partial charge on any atom is -0.339 e. The lowest BCUT2D eigenvalue weighted by molar-refractivity contribution is -0.461. The fourth-order valence-electron chi connectivity index (χ4n) is 3.61. The molecule has 0 aromatic carbocycles. The molecule has 0 aliphatic carbocycles. The molecule has 344 valence electrons. The lowest BCUT2D eigenvalue weighted by Gasteiger charge is -2.43. The molecule has 0 heterocycles. The number of rotatable bonds is 18. The van der Waals surface area contributed by atoms with Crippen molar-refractivity contribution in [3.63, 3.8) is 0 Å². The van der Waals surface area contributed by atoms with Gasteiger partial charge in [0.1, 0.15) is 0 Å². The summed E-state index contributed by atoms with van der Waals surface area (Å²) in [6.07, 6.45) is -23.5. The molecule has 57 heavy (non-hydrogen) atoms. The van der Waals surface area contributed by atoms with Crippen LogP contribution in [-0.4, -0.2) is 104 Å². The van der Waals surface area contributed by atoms with Gasteiger partial charge in [-0.1, -0.05) is 0 Å². The summed E-state index contributed by atoms with van der Waals surface area (Å²) in [5.74, 6) is -121. The first kappa shape index (κ1) is 54.8. The lowest BCUT2D eigenvalue weighted by Crippen LogP contribution is -2.74. The summed E-state index contributed by atoms with van der Waals surface area (Å²) in [7, 11) is -5.99. The van der Waals surface area contributed by atoms with Crippen LogP contribution in [0.5, 0.6) is 0 Å². The highest BCUT2D eigenvalue weighted by Crippen LogP contribution is 2.66. The average Bonchev–Trinajstić information content (AvgIpc) is 2.96. The maximum atomic E-state index is 14.1. The quantitative estimate of drug-likeness (QED) is 0.106. The summed E-state index contributed by atoms with van der Waals surface area (Å²) < 4.78 is 453. The molecule has 0 bridgehead atoms. The minimum atomic E-state index is -9.13. The Morgan fingerprint density at radius 1 is 0.228 bits per heavy atom. The van der Waals surface area contributed by atoms with Crippen LogP contribution < -0.4 is 10.8 Å². The molecule has 0 spiro atoms. The zero-order chi connectivity index (χ0) is 47.3. The summed E-state index contributed by atoms with van der Waals surface area (Å²) in [6, 6.07) is -5.58. The van der Waals surface area contributed by atoms with E-state index in [0.717, 1.165) is 0 Å². The van der Waals surface area contributed by atoms with Crippen LogP contribution in [-0.2, 0) is 0 Å². The molecule has 0 rings (SSSR count). The first-order chi connectivity index (χ1) is 23.9. The van der Waals surface area contributed by atoms with Crippen LogP contribution in [0.2, 0.25) is 12.1 Å². The predicted octanol–water partition coefficient (Wildman–Crippen LogP) is 11.1. The Labute approximate surface area is 290 Å². The summed E-state index contributed by atoms with van der Waals surface area (Å²) >= 11 is 0. The third kappa shape index (κ3) is 7.59. The van der Waals surface area contributed by atoms with Gasteiger partial charge in [-0.05, 0) is 12.1 Å². The largest absolute Gasteiger partial charge is 0.460 e. The third-order valence-corrected chi connectivity index (χ3v) is 9.74. The molecular weight excluding hydrogens is 942 g/mol. The number of alkyl halides is 34. The topological polar surface area (TPSA) is 52.0 Å². The van der Waals surface area contributed by atoms with Gasteiger partial charge in [0.15, 0.2) is 8.40 Å². The van der Waals surface area contributed by atoms with Crippen molar-refractivity contribution in [3.8, 4) is 0 Å². The van der Waals surface area contributed by atoms with Crippen LogP contribution in [0.4, 0.5) is 149 Å². The van der Waals surface area contributed by atoms with Crippen molar-refractivity contribution in [1.82, 2.24) is 0 Å². The molecule has 0 atom stereocenters. The van der Waals surface area contributed by atoms with Crippen LogP contribution in [0.1, 0.15) is 12.8 Å². The second-order valence-electron chi connectivity index (χ2n) is 11.5. The van der Waals surface area contributed by atoms with Gasteiger partial charge in [0.25, 0.3) is 0 Å². The van der Waals surface area contributed by atoms with E-state index >= 15 is 0 Å². The van der Waals surface area contributed by atoms with Gasteiger partial charge in [-0.3, -0.25) is 0 Å². The van der Waals surface area contributed by atoms with E-state index in [1.54, 1.807) is 0 Å². The normalized spacial score (nSPS) is 17.1. The van der Waals surface area contributed by atoms with Crippen molar-refractivity contribution in [1.29, 1.82) is 0 Å². The standard InChI is InChI=1S/C20H12F34N2Si/c21-5(22,7(25,26)9(29,30)11(33,34)13(37,38)15(41,42)17(45,46)19(49,50)51)1-3-57(55,56)4-2-6(23,24)8(27,28)10(31,32)12(35,36)14(39,40)16(43,44)18(47,48)20(52,53)54/h1-4,55-56H2. The van der Waals surface area contributed by atoms with Gasteiger partial charge < -0.3 is 10.8 Å². The van der Waals surface area contributed by atoms with Crippen LogP contribution in [0.25, 0.3) is 0 Å². The van der Waals surface area contributed by atoms with Crippen LogP contribution in [0.3, 0.4) is 0 Å². The molecule has 0 unspecified atom stereocenters. The lowest BCUT2D eigenvalue weighted by atomic mass is 9.88. The molecular formula is C20H12F34N2Si. The summed E-state index contributed by atoms with van der Waals surface area (Å²) in [5, 5.41) is 9.42. The Hall–Kier alpha value is -2.24. The molecule has 37 heteroatoms. The van der Waals surface area contributed by atoms with Gasteiger partial charge in [-0.15, -0.1) is 0 Å². The van der Waals surface area contributed by atoms with E-state index in [1.807, 2.05) is 0 Å². The van der Waals surface area contributed by atoms with Crippen molar-refractivity contribution in [2.24, 2.45) is 10.8 Å². The highest BCUT2D eigenvalue weighted by molar-refractivity contribution is 6.73. The smallest absolute Gasteiger partial charge is 0.339 e. The van der Waals surface area contributed by atoms with Gasteiger partial charge in [0, 0.05) is 12.8 Å². The molecule has 0 aromatic heterocycles. The van der Waals surface area contributed by atoms with Crippen molar-refractivity contribution >= 4 is 8.40 Å².